The molecule has 0 unspecified atom stereocenters. The molecule has 1 aromatic heterocycles. The fraction of sp³-hybridized carbons (Fsp3) is 0.312. The molecule has 2 amide bonds. The molecule has 12 heteroatoms. The first-order valence-electron chi connectivity index (χ1n) is 8.36. The first kappa shape index (κ1) is 18.4. The van der Waals surface area contributed by atoms with Crippen molar-refractivity contribution in [2.75, 3.05) is 30.3 Å². The van der Waals surface area contributed by atoms with Crippen LogP contribution in [0.5, 0.6) is 0 Å². The Morgan fingerprint density at radius 1 is 1.39 bits per heavy atom. The van der Waals surface area contributed by atoms with Gasteiger partial charge in [0.2, 0.25) is 27.8 Å². The number of rotatable bonds is 4. The number of halogens is 1. The predicted octanol–water partition coefficient (Wildman–Crippen LogP) is -0.339. The Labute approximate surface area is 159 Å². The number of amides is 2. The van der Waals surface area contributed by atoms with Gasteiger partial charge in [0.15, 0.2) is 0 Å². The molecule has 1 saturated heterocycles. The van der Waals surface area contributed by atoms with Crippen LogP contribution in [0, 0.1) is 5.82 Å². The summed E-state index contributed by atoms with van der Waals surface area (Å²) < 4.78 is 38.3. The zero-order chi connectivity index (χ0) is 20.1. The molecule has 28 heavy (non-hydrogen) atoms. The molecule has 0 bridgehead atoms. The summed E-state index contributed by atoms with van der Waals surface area (Å²) >= 11 is 0. The Bertz CT molecular complexity index is 1080. The highest BCUT2D eigenvalue weighted by atomic mass is 32.2. The van der Waals surface area contributed by atoms with Gasteiger partial charge in [0.25, 0.3) is 0 Å². The third-order valence-electron chi connectivity index (χ3n) is 4.91. The number of nitrogens with two attached hydrogens (primary N) is 1. The van der Waals surface area contributed by atoms with Crippen LogP contribution in [0.4, 0.5) is 16.0 Å². The van der Waals surface area contributed by atoms with Crippen LogP contribution in [0.15, 0.2) is 35.5 Å². The molecular formula is C16H17FN6O4S. The third kappa shape index (κ3) is 3.10. The van der Waals surface area contributed by atoms with E-state index in [0.29, 0.717) is 19.0 Å². The summed E-state index contributed by atoms with van der Waals surface area (Å²) in [5, 5.41) is 10.3. The second-order valence-electron chi connectivity index (χ2n) is 6.86. The number of hydrogen-bond acceptors (Lipinski definition) is 6. The minimum atomic E-state index is -4.00. The van der Waals surface area contributed by atoms with Crippen LogP contribution < -0.4 is 15.8 Å². The van der Waals surface area contributed by atoms with E-state index in [1.807, 2.05) is 4.57 Å². The van der Waals surface area contributed by atoms with Gasteiger partial charge < -0.3 is 14.8 Å². The number of primary sulfonamides is 1. The van der Waals surface area contributed by atoms with E-state index in [-0.39, 0.29) is 35.4 Å². The number of nitrogens with zero attached hydrogens (tertiary/aromatic N) is 3. The number of aromatic nitrogens is 2. The Balaban J connectivity index is 1.39. The minimum Gasteiger partial charge on any atom is -0.374 e. The number of hydrogen-bond donors (Lipinski definition) is 3. The van der Waals surface area contributed by atoms with Gasteiger partial charge in [0.1, 0.15) is 5.82 Å². The van der Waals surface area contributed by atoms with Gasteiger partial charge in [-0.05, 0) is 18.2 Å². The second-order valence-corrected chi connectivity index (χ2v) is 8.42. The summed E-state index contributed by atoms with van der Waals surface area (Å²) in [6, 6.07) is 3.16. The van der Waals surface area contributed by atoms with Crippen LogP contribution >= 0.6 is 0 Å². The highest BCUT2D eigenvalue weighted by molar-refractivity contribution is 7.89. The molecule has 0 saturated carbocycles. The largest absolute Gasteiger partial charge is 0.374 e. The molecule has 1 aromatic carbocycles. The third-order valence-corrected chi connectivity index (χ3v) is 5.83. The number of benzene rings is 1. The van der Waals surface area contributed by atoms with Gasteiger partial charge in [-0.3, -0.25) is 14.9 Å². The Hall–Kier alpha value is -2.99. The number of sulfonamides is 1. The summed E-state index contributed by atoms with van der Waals surface area (Å²) in [6.07, 6.45) is 3.59. The molecule has 4 rings (SSSR count). The van der Waals surface area contributed by atoms with E-state index >= 15 is 0 Å². The smallest absolute Gasteiger partial charge is 0.242 e. The van der Waals surface area contributed by atoms with E-state index < -0.39 is 21.4 Å². The molecule has 2 aromatic rings. The van der Waals surface area contributed by atoms with Gasteiger partial charge in [-0.25, -0.2) is 22.9 Å². The van der Waals surface area contributed by atoms with Crippen molar-refractivity contribution in [3.63, 3.8) is 0 Å². The maximum absolute atomic E-state index is 14.0. The van der Waals surface area contributed by atoms with E-state index in [4.69, 9.17) is 5.14 Å². The molecule has 1 fully saturated rings. The number of carbonyl (C=O) groups is 2. The quantitative estimate of drug-likeness (QED) is 0.633. The van der Waals surface area contributed by atoms with E-state index in [9.17, 15) is 22.4 Å². The summed E-state index contributed by atoms with van der Waals surface area (Å²) in [5.41, 5.74) is -0.517. The lowest BCUT2D eigenvalue weighted by Crippen LogP contribution is -2.67. The number of anilines is 2. The first-order valence-corrected chi connectivity index (χ1v) is 9.90. The maximum Gasteiger partial charge on any atom is 0.242 e. The number of carbonyl (C=O) groups excluding carboxylic acids is 2. The number of nitrogens with one attached hydrogen (secondary N) is 2. The number of fused-ring (bicyclic) bond motifs is 2. The Morgan fingerprint density at radius 2 is 2.14 bits per heavy atom. The lowest BCUT2D eigenvalue weighted by Gasteiger charge is -2.52. The molecule has 0 aliphatic carbocycles. The SMILES string of the molecule is NS(=O)(=O)c1ccc(NCC(=O)N2CC3(CC(=O)Nc4nccn43)C2)c(F)c1. The molecule has 4 N–H and O–H groups in total. The van der Waals surface area contributed by atoms with Crippen molar-refractivity contribution in [1.29, 1.82) is 0 Å². The van der Waals surface area contributed by atoms with Crippen molar-refractivity contribution in [1.82, 2.24) is 14.5 Å². The highest BCUT2D eigenvalue weighted by Gasteiger charge is 2.50. The average Bonchev–Trinajstić information content (AvgIpc) is 3.05. The fourth-order valence-corrected chi connectivity index (χ4v) is 4.06. The van der Waals surface area contributed by atoms with Gasteiger partial charge >= 0.3 is 0 Å². The number of imidazole rings is 1. The van der Waals surface area contributed by atoms with Gasteiger partial charge in [0.05, 0.1) is 29.1 Å². The monoisotopic (exact) mass is 408 g/mol. The van der Waals surface area contributed by atoms with Crippen molar-refractivity contribution in [3.8, 4) is 0 Å². The molecule has 10 nitrogen and oxygen atoms in total. The van der Waals surface area contributed by atoms with Crippen LogP contribution in [-0.4, -0.2) is 54.3 Å². The normalized spacial score (nSPS) is 17.6. The number of likely N-dealkylation sites (tertiary alicyclic amines) is 1. The highest BCUT2D eigenvalue weighted by Crippen LogP contribution is 2.37. The lowest BCUT2D eigenvalue weighted by atomic mass is 9.84. The van der Waals surface area contributed by atoms with Gasteiger partial charge in [-0.2, -0.15) is 0 Å². The van der Waals surface area contributed by atoms with E-state index in [2.05, 4.69) is 15.6 Å². The maximum atomic E-state index is 14.0. The average molecular weight is 408 g/mol. The molecule has 2 aliphatic heterocycles. The van der Waals surface area contributed by atoms with Crippen LogP contribution in [-0.2, 0) is 25.2 Å². The fourth-order valence-electron chi connectivity index (χ4n) is 3.54. The van der Waals surface area contributed by atoms with Crippen molar-refractivity contribution >= 4 is 33.5 Å². The molecule has 0 atom stereocenters. The van der Waals surface area contributed by atoms with Crippen LogP contribution in [0.25, 0.3) is 0 Å². The molecule has 0 radical (unpaired) electrons. The van der Waals surface area contributed by atoms with Crippen LogP contribution in [0.1, 0.15) is 6.42 Å². The first-order chi connectivity index (χ1) is 13.2. The standard InChI is InChI=1S/C16H17FN6O4S/c17-11-5-10(28(18,26)27)1-2-12(11)20-7-14(25)22-8-16(9-22)6-13(24)21-15-19-3-4-23(15)16/h1-5,20H,6-9H2,(H2,18,26,27)(H,19,21,24). The Kier molecular flexibility index (Phi) is 4.12. The van der Waals surface area contributed by atoms with E-state index in [1.165, 1.54) is 6.07 Å². The van der Waals surface area contributed by atoms with Crippen molar-refractivity contribution in [2.45, 2.75) is 16.9 Å². The molecular weight excluding hydrogens is 391 g/mol. The summed E-state index contributed by atoms with van der Waals surface area (Å²) in [7, 11) is -4.00. The van der Waals surface area contributed by atoms with Crippen molar-refractivity contribution in [3.05, 3.63) is 36.4 Å². The van der Waals surface area contributed by atoms with Crippen LogP contribution in [0.3, 0.4) is 0 Å². The zero-order valence-electron chi connectivity index (χ0n) is 14.6. The van der Waals surface area contributed by atoms with Crippen molar-refractivity contribution < 1.29 is 22.4 Å². The second kappa shape index (κ2) is 6.27. The predicted molar refractivity (Wildman–Crippen MR) is 96.3 cm³/mol. The molecule has 1 spiro atoms. The Morgan fingerprint density at radius 3 is 2.82 bits per heavy atom. The van der Waals surface area contributed by atoms with Crippen LogP contribution in [0.2, 0.25) is 0 Å². The zero-order valence-corrected chi connectivity index (χ0v) is 15.4. The van der Waals surface area contributed by atoms with E-state index in [0.717, 1.165) is 12.1 Å². The van der Waals surface area contributed by atoms with Crippen molar-refractivity contribution in [2.24, 2.45) is 5.14 Å². The van der Waals surface area contributed by atoms with Gasteiger partial charge in [0, 0.05) is 25.5 Å². The molecule has 3 heterocycles. The molecule has 148 valence electrons. The van der Waals surface area contributed by atoms with Gasteiger partial charge in [-0.15, -0.1) is 0 Å². The summed E-state index contributed by atoms with van der Waals surface area (Å²) in [5.74, 6) is -0.793. The van der Waals surface area contributed by atoms with Gasteiger partial charge in [-0.1, -0.05) is 0 Å². The minimum absolute atomic E-state index is 0.00933. The van der Waals surface area contributed by atoms with E-state index in [1.54, 1.807) is 17.3 Å². The summed E-state index contributed by atoms with van der Waals surface area (Å²) in [4.78, 5) is 29.6. The lowest BCUT2D eigenvalue weighted by molar-refractivity contribution is -0.143. The molecule has 2 aliphatic rings. The summed E-state index contributed by atoms with van der Waals surface area (Å²) in [6.45, 7) is 0.513. The topological polar surface area (TPSA) is 139 Å².